The number of nitrogens with zero attached hydrogens (tertiary/aromatic N) is 4. The Morgan fingerprint density at radius 2 is 1.67 bits per heavy atom. The topological polar surface area (TPSA) is 73.6 Å². The highest BCUT2D eigenvalue weighted by Gasteiger charge is 2.24. The SMILES string of the molecule is O=C(CN1CCN(c2ccccc2O)CC1)Nc1cc(C2CCCC2)nn1-c1ccccc1. The van der Waals surface area contributed by atoms with E-state index in [0.717, 1.165) is 49.1 Å². The van der Waals surface area contributed by atoms with Crippen LogP contribution in [0.4, 0.5) is 11.5 Å². The highest BCUT2D eigenvalue weighted by atomic mass is 16.3. The Morgan fingerprint density at radius 3 is 2.39 bits per heavy atom. The Hall–Kier alpha value is -3.32. The number of amides is 1. The van der Waals surface area contributed by atoms with Crippen LogP contribution in [0.5, 0.6) is 5.75 Å². The fourth-order valence-corrected chi connectivity index (χ4v) is 4.94. The van der Waals surface area contributed by atoms with Crippen molar-refractivity contribution in [3.63, 3.8) is 0 Å². The van der Waals surface area contributed by atoms with Gasteiger partial charge >= 0.3 is 0 Å². The molecule has 7 nitrogen and oxygen atoms in total. The van der Waals surface area contributed by atoms with Gasteiger partial charge in [-0.2, -0.15) is 5.10 Å². The minimum Gasteiger partial charge on any atom is -0.506 e. The van der Waals surface area contributed by atoms with Gasteiger partial charge in [0, 0.05) is 38.2 Å². The van der Waals surface area contributed by atoms with E-state index in [1.165, 1.54) is 25.7 Å². The molecule has 0 atom stereocenters. The van der Waals surface area contributed by atoms with Gasteiger partial charge in [-0.3, -0.25) is 9.69 Å². The van der Waals surface area contributed by atoms with Gasteiger partial charge in [0.1, 0.15) is 11.6 Å². The molecule has 1 aliphatic heterocycles. The Labute approximate surface area is 194 Å². The summed E-state index contributed by atoms with van der Waals surface area (Å²) in [6, 6.07) is 19.5. The van der Waals surface area contributed by atoms with Gasteiger partial charge in [0.25, 0.3) is 0 Å². The van der Waals surface area contributed by atoms with Crippen molar-refractivity contribution in [3.05, 3.63) is 66.4 Å². The van der Waals surface area contributed by atoms with Crippen LogP contribution in [-0.2, 0) is 4.79 Å². The number of rotatable bonds is 6. The standard InChI is InChI=1S/C26H31N5O2/c32-24-13-7-6-12-23(24)30-16-14-29(15-17-30)19-26(33)27-25-18-22(20-8-4-5-9-20)28-31(25)21-10-2-1-3-11-21/h1-3,6-7,10-13,18,20,32H,4-5,8-9,14-17,19H2,(H,27,33). The maximum atomic E-state index is 13.0. The van der Waals surface area contributed by atoms with Gasteiger partial charge in [0.05, 0.1) is 23.6 Å². The molecule has 1 aliphatic carbocycles. The van der Waals surface area contributed by atoms with E-state index in [4.69, 9.17) is 5.10 Å². The highest BCUT2D eigenvalue weighted by Crippen LogP contribution is 2.35. The van der Waals surface area contributed by atoms with Crippen molar-refractivity contribution in [2.45, 2.75) is 31.6 Å². The van der Waals surface area contributed by atoms with Crippen LogP contribution in [0.25, 0.3) is 5.69 Å². The molecule has 5 rings (SSSR count). The molecule has 1 aromatic heterocycles. The van der Waals surface area contributed by atoms with Gasteiger partial charge in [0.2, 0.25) is 5.91 Å². The molecule has 0 unspecified atom stereocenters. The van der Waals surface area contributed by atoms with Gasteiger partial charge in [-0.15, -0.1) is 0 Å². The third kappa shape index (κ3) is 4.88. The van der Waals surface area contributed by atoms with Gasteiger partial charge < -0.3 is 15.3 Å². The Bertz CT molecular complexity index is 1080. The van der Waals surface area contributed by atoms with E-state index in [0.29, 0.717) is 18.2 Å². The summed E-state index contributed by atoms with van der Waals surface area (Å²) in [5.74, 6) is 1.49. The highest BCUT2D eigenvalue weighted by molar-refractivity contribution is 5.91. The van der Waals surface area contributed by atoms with Crippen molar-refractivity contribution >= 4 is 17.4 Å². The van der Waals surface area contributed by atoms with Gasteiger partial charge in [-0.1, -0.05) is 43.2 Å². The minimum atomic E-state index is -0.0268. The number of phenols is 1. The molecule has 1 amide bonds. The van der Waals surface area contributed by atoms with Crippen molar-refractivity contribution in [1.82, 2.24) is 14.7 Å². The summed E-state index contributed by atoms with van der Waals surface area (Å²) in [4.78, 5) is 17.3. The maximum Gasteiger partial charge on any atom is 0.239 e. The number of anilines is 2. The van der Waals surface area contributed by atoms with Gasteiger partial charge in [-0.05, 0) is 37.1 Å². The molecule has 33 heavy (non-hydrogen) atoms. The number of aromatic nitrogens is 2. The van der Waals surface area contributed by atoms with Crippen LogP contribution in [0.2, 0.25) is 0 Å². The predicted molar refractivity (Wildman–Crippen MR) is 130 cm³/mol. The molecule has 0 bridgehead atoms. The third-order valence-corrected chi connectivity index (χ3v) is 6.73. The predicted octanol–water partition coefficient (Wildman–Crippen LogP) is 4.00. The summed E-state index contributed by atoms with van der Waals surface area (Å²) >= 11 is 0. The second-order valence-corrected chi connectivity index (χ2v) is 8.98. The number of hydrogen-bond acceptors (Lipinski definition) is 5. The van der Waals surface area contributed by atoms with Crippen LogP contribution in [0.1, 0.15) is 37.3 Å². The first-order chi connectivity index (χ1) is 16.2. The lowest BCUT2D eigenvalue weighted by Crippen LogP contribution is -2.48. The lowest BCUT2D eigenvalue weighted by molar-refractivity contribution is -0.117. The molecule has 0 spiro atoms. The van der Waals surface area contributed by atoms with E-state index >= 15 is 0 Å². The summed E-state index contributed by atoms with van der Waals surface area (Å²) in [6.07, 6.45) is 4.83. The Kier molecular flexibility index (Phi) is 6.30. The molecule has 0 radical (unpaired) electrons. The zero-order chi connectivity index (χ0) is 22.6. The molecule has 172 valence electrons. The molecule has 3 aromatic rings. The first-order valence-corrected chi connectivity index (χ1v) is 11.9. The van der Waals surface area contributed by atoms with E-state index < -0.39 is 0 Å². The first kappa shape index (κ1) is 21.5. The summed E-state index contributed by atoms with van der Waals surface area (Å²) < 4.78 is 1.86. The van der Waals surface area contributed by atoms with Crippen LogP contribution < -0.4 is 10.2 Å². The van der Waals surface area contributed by atoms with E-state index in [1.54, 1.807) is 6.07 Å². The Balaban J connectivity index is 1.24. The molecular formula is C26H31N5O2. The fraction of sp³-hybridized carbons (Fsp3) is 0.385. The smallest absolute Gasteiger partial charge is 0.239 e. The number of carbonyl (C=O) groups is 1. The molecule has 1 saturated heterocycles. The van der Waals surface area contributed by atoms with Crippen LogP contribution in [-0.4, -0.2) is 58.4 Å². The molecule has 2 fully saturated rings. The van der Waals surface area contributed by atoms with Crippen LogP contribution in [0.3, 0.4) is 0 Å². The maximum absolute atomic E-state index is 13.0. The van der Waals surface area contributed by atoms with Crippen molar-refractivity contribution in [1.29, 1.82) is 0 Å². The summed E-state index contributed by atoms with van der Waals surface area (Å²) in [5.41, 5.74) is 2.88. The zero-order valence-corrected chi connectivity index (χ0v) is 18.9. The molecule has 2 aromatic carbocycles. The summed E-state index contributed by atoms with van der Waals surface area (Å²) in [7, 11) is 0. The van der Waals surface area contributed by atoms with Crippen LogP contribution >= 0.6 is 0 Å². The molecule has 7 heteroatoms. The van der Waals surface area contributed by atoms with E-state index in [1.807, 2.05) is 53.2 Å². The number of aromatic hydroxyl groups is 1. The fourth-order valence-electron chi connectivity index (χ4n) is 4.94. The van der Waals surface area contributed by atoms with Crippen molar-refractivity contribution in [2.75, 3.05) is 42.9 Å². The normalized spacial score (nSPS) is 17.4. The number of phenolic OH excluding ortho intramolecular Hbond substituents is 1. The van der Waals surface area contributed by atoms with Crippen molar-refractivity contribution in [2.24, 2.45) is 0 Å². The second-order valence-electron chi connectivity index (χ2n) is 8.98. The van der Waals surface area contributed by atoms with E-state index in [2.05, 4.69) is 21.2 Å². The number of carbonyl (C=O) groups excluding carboxylic acids is 1. The van der Waals surface area contributed by atoms with Crippen molar-refractivity contribution < 1.29 is 9.90 Å². The average Bonchev–Trinajstić information content (AvgIpc) is 3.51. The quantitative estimate of drug-likeness (QED) is 0.600. The number of benzene rings is 2. The second kappa shape index (κ2) is 9.67. The monoisotopic (exact) mass is 445 g/mol. The molecule has 2 aliphatic rings. The number of nitrogens with one attached hydrogen (secondary N) is 1. The number of piperazine rings is 1. The molecule has 2 N–H and O–H groups in total. The average molecular weight is 446 g/mol. The minimum absolute atomic E-state index is 0.0268. The first-order valence-electron chi connectivity index (χ1n) is 11.9. The van der Waals surface area contributed by atoms with E-state index in [9.17, 15) is 9.90 Å². The summed E-state index contributed by atoms with van der Waals surface area (Å²) in [5, 5.41) is 18.1. The Morgan fingerprint density at radius 1 is 0.970 bits per heavy atom. The molecule has 1 saturated carbocycles. The van der Waals surface area contributed by atoms with Gasteiger partial charge in [0.15, 0.2) is 0 Å². The van der Waals surface area contributed by atoms with Crippen molar-refractivity contribution in [3.8, 4) is 11.4 Å². The molecule has 2 heterocycles. The van der Waals surface area contributed by atoms with Crippen LogP contribution in [0.15, 0.2) is 60.7 Å². The number of para-hydroxylation sites is 3. The zero-order valence-electron chi connectivity index (χ0n) is 18.9. The largest absolute Gasteiger partial charge is 0.506 e. The number of hydrogen-bond donors (Lipinski definition) is 2. The summed E-state index contributed by atoms with van der Waals surface area (Å²) in [6.45, 7) is 3.44. The lowest BCUT2D eigenvalue weighted by Gasteiger charge is -2.35. The lowest BCUT2D eigenvalue weighted by atomic mass is 10.0. The van der Waals surface area contributed by atoms with Gasteiger partial charge in [-0.25, -0.2) is 4.68 Å². The molecular weight excluding hydrogens is 414 g/mol. The van der Waals surface area contributed by atoms with E-state index in [-0.39, 0.29) is 5.91 Å². The third-order valence-electron chi connectivity index (χ3n) is 6.73. The van der Waals surface area contributed by atoms with Crippen LogP contribution in [0, 0.1) is 0 Å².